The summed E-state index contributed by atoms with van der Waals surface area (Å²) < 4.78 is 87.9. The molecule has 0 bridgehead atoms. The Morgan fingerprint density at radius 2 is 1.48 bits per heavy atom. The van der Waals surface area contributed by atoms with E-state index in [1.54, 1.807) is 18.2 Å². The van der Waals surface area contributed by atoms with E-state index in [2.05, 4.69) is 0 Å². The topological polar surface area (TPSA) is 47.6 Å². The van der Waals surface area contributed by atoms with Crippen LogP contribution in [0, 0.1) is 0 Å². The molecule has 1 N–H and O–H groups in total. The van der Waals surface area contributed by atoms with Gasteiger partial charge >= 0.3 is 12.4 Å². The number of fused-ring (bicyclic) bond motifs is 1. The number of hydrogen-bond acceptors (Lipinski definition) is 3. The first-order valence-corrected chi connectivity index (χ1v) is 7.53. The van der Waals surface area contributed by atoms with Crippen LogP contribution in [0.25, 0.3) is 0 Å². The summed E-state index contributed by atoms with van der Waals surface area (Å²) in [5.41, 5.74) is -3.71. The number of amides is 1. The first-order valence-electron chi connectivity index (χ1n) is 7.53. The smallest absolute Gasteiger partial charge is 0.416 e. The highest BCUT2D eigenvalue weighted by Gasteiger charge is 2.37. The van der Waals surface area contributed by atoms with E-state index in [0.717, 1.165) is 0 Å². The highest BCUT2D eigenvalue weighted by molar-refractivity contribution is 5.95. The summed E-state index contributed by atoms with van der Waals surface area (Å²) in [6.45, 7) is -0.242. The van der Waals surface area contributed by atoms with Crippen LogP contribution in [0.15, 0.2) is 42.5 Å². The van der Waals surface area contributed by atoms with E-state index in [0.29, 0.717) is 17.9 Å². The molecule has 144 valence electrons. The number of hydrogen-bond donors (Lipinski definition) is 1. The largest absolute Gasteiger partial charge is 0.485 e. The van der Waals surface area contributed by atoms with Gasteiger partial charge in [0.25, 0.3) is 5.91 Å². The molecule has 0 aliphatic carbocycles. The molecule has 1 aliphatic rings. The molecule has 10 heteroatoms. The second-order valence-electron chi connectivity index (χ2n) is 5.65. The lowest BCUT2D eigenvalue weighted by atomic mass is 10.1. The number of anilines is 1. The molecule has 2 aromatic rings. The highest BCUT2D eigenvalue weighted by atomic mass is 19.4. The van der Waals surface area contributed by atoms with E-state index in [9.17, 15) is 31.1 Å². The van der Waals surface area contributed by atoms with Crippen molar-refractivity contribution in [3.05, 3.63) is 53.6 Å². The molecular formula is C17H11F6NO3. The summed E-state index contributed by atoms with van der Waals surface area (Å²) in [7, 11) is 0. The molecule has 1 amide bonds. The Kier molecular flexibility index (Phi) is 4.66. The maximum absolute atomic E-state index is 12.9. The van der Waals surface area contributed by atoms with Crippen molar-refractivity contribution in [2.75, 3.05) is 11.9 Å². The van der Waals surface area contributed by atoms with Gasteiger partial charge in [0.15, 0.2) is 11.5 Å². The minimum absolute atomic E-state index is 0.0217. The second kappa shape index (κ2) is 6.67. The first-order chi connectivity index (χ1) is 12.5. The zero-order valence-electron chi connectivity index (χ0n) is 13.3. The molecular weight excluding hydrogens is 380 g/mol. The lowest BCUT2D eigenvalue weighted by molar-refractivity contribution is -0.143. The van der Waals surface area contributed by atoms with Gasteiger partial charge in [0, 0.05) is 5.69 Å². The number of alkyl halides is 6. The number of carbonyl (C=O) groups excluding carboxylic acids is 1. The third-order valence-electron chi connectivity index (χ3n) is 3.66. The third kappa shape index (κ3) is 4.26. The number of benzene rings is 2. The Hall–Kier alpha value is -2.91. The Bertz CT molecular complexity index is 830. The van der Waals surface area contributed by atoms with Crippen molar-refractivity contribution in [3.63, 3.8) is 0 Å². The number of para-hydroxylation sites is 2. The van der Waals surface area contributed by atoms with Gasteiger partial charge in [0.05, 0.1) is 11.1 Å². The summed E-state index contributed by atoms with van der Waals surface area (Å²) in [4.78, 5) is 12.2. The number of rotatable bonds is 2. The molecule has 0 radical (unpaired) electrons. The fourth-order valence-corrected chi connectivity index (χ4v) is 2.40. The van der Waals surface area contributed by atoms with Gasteiger partial charge in [-0.15, -0.1) is 0 Å². The lowest BCUT2D eigenvalue weighted by Gasteiger charge is -2.25. The molecule has 4 nitrogen and oxygen atoms in total. The van der Waals surface area contributed by atoms with Crippen LogP contribution in [0.1, 0.15) is 11.1 Å². The molecule has 0 saturated heterocycles. The van der Waals surface area contributed by atoms with Gasteiger partial charge in [-0.05, 0) is 30.3 Å². The van der Waals surface area contributed by atoms with E-state index >= 15 is 0 Å². The molecule has 1 aliphatic heterocycles. The molecule has 2 aromatic carbocycles. The van der Waals surface area contributed by atoms with Crippen LogP contribution in [0.5, 0.6) is 11.5 Å². The van der Waals surface area contributed by atoms with Crippen molar-refractivity contribution in [3.8, 4) is 11.5 Å². The number of ether oxygens (including phenoxy) is 2. The lowest BCUT2D eigenvalue weighted by Crippen LogP contribution is -2.40. The van der Waals surface area contributed by atoms with Crippen LogP contribution in [-0.2, 0) is 17.1 Å². The second-order valence-corrected chi connectivity index (χ2v) is 5.65. The van der Waals surface area contributed by atoms with E-state index in [4.69, 9.17) is 9.47 Å². The van der Waals surface area contributed by atoms with Crippen molar-refractivity contribution >= 4 is 11.6 Å². The highest BCUT2D eigenvalue weighted by Crippen LogP contribution is 2.38. The van der Waals surface area contributed by atoms with Gasteiger partial charge in [-0.25, -0.2) is 0 Å². The molecule has 0 fully saturated rings. The molecule has 27 heavy (non-hydrogen) atoms. The number of carbonyl (C=O) groups is 1. The Balaban J connectivity index is 1.83. The van der Waals surface area contributed by atoms with Crippen LogP contribution >= 0.6 is 0 Å². The summed E-state index contributed by atoms with van der Waals surface area (Å²) in [5.74, 6) is -0.319. The molecule has 0 saturated carbocycles. The molecule has 1 heterocycles. The fourth-order valence-electron chi connectivity index (χ4n) is 2.40. The SMILES string of the molecule is O=C(Nc1cc(C(F)(F)F)cc(C(F)(F)F)c1)[C@H]1COc2ccccc2O1. The predicted molar refractivity (Wildman–Crippen MR) is 81.4 cm³/mol. The zero-order chi connectivity index (χ0) is 19.8. The van der Waals surface area contributed by atoms with Crippen LogP contribution in [0.2, 0.25) is 0 Å². The monoisotopic (exact) mass is 391 g/mol. The van der Waals surface area contributed by atoms with Crippen LogP contribution in [-0.4, -0.2) is 18.6 Å². The van der Waals surface area contributed by atoms with Gasteiger partial charge in [-0.2, -0.15) is 26.3 Å². The number of nitrogens with one attached hydrogen (secondary N) is 1. The van der Waals surface area contributed by atoms with E-state index < -0.39 is 41.2 Å². The van der Waals surface area contributed by atoms with E-state index in [1.165, 1.54) is 6.07 Å². The van der Waals surface area contributed by atoms with Crippen LogP contribution < -0.4 is 14.8 Å². The summed E-state index contributed by atoms with van der Waals surface area (Å²) in [5, 5.41) is 2.02. The van der Waals surface area contributed by atoms with Crippen molar-refractivity contribution in [1.29, 1.82) is 0 Å². The Labute approximate surface area is 148 Å². The van der Waals surface area contributed by atoms with Gasteiger partial charge in [-0.3, -0.25) is 4.79 Å². The van der Waals surface area contributed by atoms with Crippen molar-refractivity contribution in [2.24, 2.45) is 0 Å². The summed E-state index contributed by atoms with van der Waals surface area (Å²) in [6.07, 6.45) is -11.3. The van der Waals surface area contributed by atoms with Gasteiger partial charge in [0.1, 0.15) is 6.61 Å². The normalized spacial score (nSPS) is 16.7. The third-order valence-corrected chi connectivity index (χ3v) is 3.66. The predicted octanol–water partition coefficient (Wildman–Crippen LogP) is 4.50. The zero-order valence-corrected chi connectivity index (χ0v) is 13.3. The quantitative estimate of drug-likeness (QED) is 0.767. The maximum Gasteiger partial charge on any atom is 0.416 e. The molecule has 1 atom stereocenters. The molecule has 0 unspecified atom stereocenters. The average Bonchev–Trinajstić information content (AvgIpc) is 2.59. The molecule has 0 spiro atoms. The minimum Gasteiger partial charge on any atom is -0.485 e. The van der Waals surface area contributed by atoms with E-state index in [1.807, 2.05) is 5.32 Å². The molecule has 3 rings (SSSR count). The average molecular weight is 391 g/mol. The standard InChI is InChI=1S/C17H11F6NO3/c18-16(19,20)9-5-10(17(21,22)23)7-11(6-9)24-15(25)14-8-26-12-3-1-2-4-13(12)27-14/h1-7,14H,8H2,(H,24,25)/t14-/m1/s1. The first kappa shape index (κ1) is 18.9. The minimum atomic E-state index is -5.01. The maximum atomic E-state index is 12.9. The van der Waals surface area contributed by atoms with E-state index in [-0.39, 0.29) is 18.4 Å². The Morgan fingerprint density at radius 1 is 0.926 bits per heavy atom. The summed E-state index contributed by atoms with van der Waals surface area (Å²) >= 11 is 0. The van der Waals surface area contributed by atoms with Gasteiger partial charge in [-0.1, -0.05) is 12.1 Å². The summed E-state index contributed by atoms with van der Waals surface area (Å²) in [6, 6.07) is 7.21. The van der Waals surface area contributed by atoms with Crippen molar-refractivity contribution < 1.29 is 40.6 Å². The van der Waals surface area contributed by atoms with Crippen molar-refractivity contribution in [2.45, 2.75) is 18.5 Å². The Morgan fingerprint density at radius 3 is 2.04 bits per heavy atom. The van der Waals surface area contributed by atoms with Crippen LogP contribution in [0.3, 0.4) is 0 Å². The molecule has 0 aromatic heterocycles. The van der Waals surface area contributed by atoms with Crippen LogP contribution in [0.4, 0.5) is 32.0 Å². The number of halogens is 6. The van der Waals surface area contributed by atoms with Crippen molar-refractivity contribution in [1.82, 2.24) is 0 Å². The fraction of sp³-hybridized carbons (Fsp3) is 0.235. The van der Waals surface area contributed by atoms with Gasteiger partial charge in [0.2, 0.25) is 6.10 Å². The van der Waals surface area contributed by atoms with Gasteiger partial charge < -0.3 is 14.8 Å².